The lowest BCUT2D eigenvalue weighted by molar-refractivity contribution is 0.0308. The van der Waals surface area contributed by atoms with E-state index in [1.807, 2.05) is 0 Å². The Morgan fingerprint density at radius 1 is 1.11 bits per heavy atom. The van der Waals surface area contributed by atoms with E-state index in [1.165, 1.54) is 45.2 Å². The third-order valence-corrected chi connectivity index (χ3v) is 5.51. The Balaban J connectivity index is 1.82. The molecule has 0 radical (unpaired) electrons. The maximum absolute atomic E-state index is 10.2. The lowest BCUT2D eigenvalue weighted by Gasteiger charge is -2.35. The van der Waals surface area contributed by atoms with E-state index in [0.717, 1.165) is 30.7 Å². The third kappa shape index (κ3) is 4.46. The summed E-state index contributed by atoms with van der Waals surface area (Å²) in [7, 11) is 0. The summed E-state index contributed by atoms with van der Waals surface area (Å²) in [6, 6.07) is 0. The average Bonchev–Trinajstić information content (AvgIpc) is 2.59. The van der Waals surface area contributed by atoms with Gasteiger partial charge in [-0.3, -0.25) is 0 Å². The average molecular weight is 267 g/mol. The van der Waals surface area contributed by atoms with Crippen molar-refractivity contribution in [2.75, 3.05) is 19.6 Å². The van der Waals surface area contributed by atoms with Crippen LogP contribution in [0, 0.1) is 23.7 Å². The first-order valence-electron chi connectivity index (χ1n) is 8.46. The van der Waals surface area contributed by atoms with Gasteiger partial charge in [0, 0.05) is 6.54 Å². The molecule has 2 aliphatic rings. The van der Waals surface area contributed by atoms with E-state index in [1.54, 1.807) is 0 Å². The molecule has 0 bridgehead atoms. The van der Waals surface area contributed by atoms with Gasteiger partial charge >= 0.3 is 0 Å². The molecule has 1 N–H and O–H groups in total. The van der Waals surface area contributed by atoms with E-state index < -0.39 is 0 Å². The van der Waals surface area contributed by atoms with Crippen LogP contribution in [-0.4, -0.2) is 35.7 Å². The second-order valence-corrected chi connectivity index (χ2v) is 7.48. The predicted molar refractivity (Wildman–Crippen MR) is 81.1 cm³/mol. The van der Waals surface area contributed by atoms with Gasteiger partial charge in [-0.1, -0.05) is 20.8 Å². The normalized spacial score (nSPS) is 38.4. The van der Waals surface area contributed by atoms with Crippen molar-refractivity contribution in [1.82, 2.24) is 4.90 Å². The van der Waals surface area contributed by atoms with Crippen LogP contribution in [0.4, 0.5) is 0 Å². The lowest BCUT2D eigenvalue weighted by Crippen LogP contribution is -2.39. The summed E-state index contributed by atoms with van der Waals surface area (Å²) in [5.74, 6) is 3.09. The SMILES string of the molecule is CC1CCC(O)C(CN2CCCC(C(C)C)CC2)C1. The summed E-state index contributed by atoms with van der Waals surface area (Å²) in [5, 5.41) is 10.2. The molecule has 2 rings (SSSR count). The Kier molecular flexibility index (Phi) is 5.70. The second kappa shape index (κ2) is 7.08. The van der Waals surface area contributed by atoms with Crippen molar-refractivity contribution in [2.24, 2.45) is 23.7 Å². The second-order valence-electron chi connectivity index (χ2n) is 7.48. The molecule has 19 heavy (non-hydrogen) atoms. The number of hydrogen-bond acceptors (Lipinski definition) is 2. The van der Waals surface area contributed by atoms with Gasteiger partial charge in [0.15, 0.2) is 0 Å². The van der Waals surface area contributed by atoms with Crippen LogP contribution in [0.15, 0.2) is 0 Å². The molecular weight excluding hydrogens is 234 g/mol. The molecule has 2 fully saturated rings. The molecule has 0 aromatic heterocycles. The van der Waals surface area contributed by atoms with Gasteiger partial charge in [0.25, 0.3) is 0 Å². The topological polar surface area (TPSA) is 23.5 Å². The van der Waals surface area contributed by atoms with Gasteiger partial charge in [0.2, 0.25) is 0 Å². The highest BCUT2D eigenvalue weighted by Crippen LogP contribution is 2.31. The Labute approximate surface area is 119 Å². The molecule has 1 aliphatic carbocycles. The first kappa shape index (κ1) is 15.3. The predicted octanol–water partition coefficient (Wildman–Crippen LogP) is 3.54. The van der Waals surface area contributed by atoms with Crippen molar-refractivity contribution in [1.29, 1.82) is 0 Å². The molecule has 1 saturated heterocycles. The molecule has 0 spiro atoms. The maximum atomic E-state index is 10.2. The van der Waals surface area contributed by atoms with E-state index in [4.69, 9.17) is 0 Å². The minimum absolute atomic E-state index is 0.0413. The summed E-state index contributed by atoms with van der Waals surface area (Å²) in [6.45, 7) is 10.7. The van der Waals surface area contributed by atoms with Crippen LogP contribution in [0.3, 0.4) is 0 Å². The molecule has 112 valence electrons. The Morgan fingerprint density at radius 3 is 2.63 bits per heavy atom. The number of hydrogen-bond donors (Lipinski definition) is 1. The minimum atomic E-state index is -0.0413. The molecule has 1 aliphatic heterocycles. The lowest BCUT2D eigenvalue weighted by atomic mass is 9.80. The van der Waals surface area contributed by atoms with Crippen molar-refractivity contribution in [3.63, 3.8) is 0 Å². The van der Waals surface area contributed by atoms with Crippen LogP contribution in [0.5, 0.6) is 0 Å². The van der Waals surface area contributed by atoms with Gasteiger partial charge in [-0.15, -0.1) is 0 Å². The summed E-state index contributed by atoms with van der Waals surface area (Å²) in [5.41, 5.74) is 0. The van der Waals surface area contributed by atoms with E-state index in [2.05, 4.69) is 25.7 Å². The molecule has 4 unspecified atom stereocenters. The molecule has 0 amide bonds. The fraction of sp³-hybridized carbons (Fsp3) is 1.00. The standard InChI is InChI=1S/C17H33NO/c1-13(2)15-5-4-9-18(10-8-15)12-16-11-14(3)6-7-17(16)19/h13-17,19H,4-12H2,1-3H3. The van der Waals surface area contributed by atoms with Gasteiger partial charge in [-0.05, 0) is 75.3 Å². The molecule has 4 atom stereocenters. The Bertz CT molecular complexity index is 266. The van der Waals surface area contributed by atoms with Crippen molar-refractivity contribution < 1.29 is 5.11 Å². The van der Waals surface area contributed by atoms with Gasteiger partial charge in [-0.2, -0.15) is 0 Å². The van der Waals surface area contributed by atoms with Crippen LogP contribution in [-0.2, 0) is 0 Å². The number of aliphatic hydroxyl groups excluding tert-OH is 1. The van der Waals surface area contributed by atoms with E-state index in [-0.39, 0.29) is 6.10 Å². The van der Waals surface area contributed by atoms with Crippen LogP contribution in [0.25, 0.3) is 0 Å². The molecule has 2 nitrogen and oxygen atoms in total. The van der Waals surface area contributed by atoms with Crippen LogP contribution >= 0.6 is 0 Å². The zero-order chi connectivity index (χ0) is 13.8. The van der Waals surface area contributed by atoms with Crippen molar-refractivity contribution >= 4 is 0 Å². The molecular formula is C17H33NO. The highest BCUT2D eigenvalue weighted by Gasteiger charge is 2.29. The van der Waals surface area contributed by atoms with Crippen LogP contribution in [0.1, 0.15) is 59.3 Å². The first-order valence-corrected chi connectivity index (χ1v) is 8.46. The maximum Gasteiger partial charge on any atom is 0.0580 e. The number of nitrogens with zero attached hydrogens (tertiary/aromatic N) is 1. The van der Waals surface area contributed by atoms with Crippen molar-refractivity contribution in [3.8, 4) is 0 Å². The smallest absolute Gasteiger partial charge is 0.0580 e. The Hall–Kier alpha value is -0.0800. The van der Waals surface area contributed by atoms with Gasteiger partial charge < -0.3 is 10.0 Å². The Morgan fingerprint density at radius 2 is 1.89 bits per heavy atom. The molecule has 0 aromatic rings. The van der Waals surface area contributed by atoms with Gasteiger partial charge in [0.1, 0.15) is 0 Å². The van der Waals surface area contributed by atoms with E-state index >= 15 is 0 Å². The summed E-state index contributed by atoms with van der Waals surface area (Å²) in [4.78, 5) is 2.63. The summed E-state index contributed by atoms with van der Waals surface area (Å²) < 4.78 is 0. The van der Waals surface area contributed by atoms with E-state index in [0.29, 0.717) is 5.92 Å². The highest BCUT2D eigenvalue weighted by atomic mass is 16.3. The summed E-state index contributed by atoms with van der Waals surface area (Å²) in [6.07, 6.45) is 7.53. The molecule has 0 aromatic carbocycles. The quantitative estimate of drug-likeness (QED) is 0.845. The number of rotatable bonds is 3. The number of aliphatic hydroxyl groups is 1. The number of likely N-dealkylation sites (tertiary alicyclic amines) is 1. The fourth-order valence-corrected chi connectivity index (χ4v) is 4.04. The largest absolute Gasteiger partial charge is 0.393 e. The van der Waals surface area contributed by atoms with E-state index in [9.17, 15) is 5.11 Å². The zero-order valence-electron chi connectivity index (χ0n) is 13.1. The highest BCUT2D eigenvalue weighted by molar-refractivity contribution is 4.82. The van der Waals surface area contributed by atoms with Crippen molar-refractivity contribution in [3.05, 3.63) is 0 Å². The minimum Gasteiger partial charge on any atom is -0.393 e. The molecule has 1 heterocycles. The monoisotopic (exact) mass is 267 g/mol. The van der Waals surface area contributed by atoms with Crippen molar-refractivity contribution in [2.45, 2.75) is 65.4 Å². The zero-order valence-corrected chi connectivity index (χ0v) is 13.1. The third-order valence-electron chi connectivity index (χ3n) is 5.51. The van der Waals surface area contributed by atoms with Crippen LogP contribution in [0.2, 0.25) is 0 Å². The molecule has 2 heteroatoms. The molecule has 1 saturated carbocycles. The van der Waals surface area contributed by atoms with Gasteiger partial charge in [0.05, 0.1) is 6.10 Å². The van der Waals surface area contributed by atoms with Gasteiger partial charge in [-0.25, -0.2) is 0 Å². The first-order chi connectivity index (χ1) is 9.06. The fourth-order valence-electron chi connectivity index (χ4n) is 4.04. The summed E-state index contributed by atoms with van der Waals surface area (Å²) >= 11 is 0. The van der Waals surface area contributed by atoms with Crippen LogP contribution < -0.4 is 0 Å².